The first-order chi connectivity index (χ1) is 7.52. The predicted molar refractivity (Wildman–Crippen MR) is 55.6 cm³/mol. The van der Waals surface area contributed by atoms with Gasteiger partial charge in [-0.3, -0.25) is 4.79 Å². The zero-order chi connectivity index (χ0) is 12.1. The molecule has 2 N–H and O–H groups in total. The summed E-state index contributed by atoms with van der Waals surface area (Å²) >= 11 is 5.20. The van der Waals surface area contributed by atoms with Gasteiger partial charge in [-0.15, -0.1) is 0 Å². The average Bonchev–Trinajstić information content (AvgIpc) is 2.54. The van der Waals surface area contributed by atoms with Crippen LogP contribution in [0.4, 0.5) is 14.4 Å². The zero-order valence-corrected chi connectivity index (χ0v) is 9.24. The quantitative estimate of drug-likeness (QED) is 0.437. The van der Waals surface area contributed by atoms with E-state index >= 15 is 0 Å². The van der Waals surface area contributed by atoms with E-state index in [1.807, 2.05) is 0 Å². The minimum atomic E-state index is -1.09. The van der Waals surface area contributed by atoms with Gasteiger partial charge in [-0.2, -0.15) is 0 Å². The Labute approximate surface area is 96.9 Å². The molecule has 1 aliphatic heterocycles. The molecule has 0 aromatic rings. The molecule has 16 heavy (non-hydrogen) atoms. The Kier molecular flexibility index (Phi) is 4.36. The van der Waals surface area contributed by atoms with E-state index in [0.29, 0.717) is 19.5 Å². The van der Waals surface area contributed by atoms with E-state index in [0.717, 1.165) is 4.90 Å². The third-order valence-electron chi connectivity index (χ3n) is 2.19. The van der Waals surface area contributed by atoms with Crippen molar-refractivity contribution in [1.29, 1.82) is 0 Å². The van der Waals surface area contributed by atoms with Gasteiger partial charge in [0.15, 0.2) is 0 Å². The summed E-state index contributed by atoms with van der Waals surface area (Å²) in [6.07, 6.45) is -0.590. The number of carbonyl (C=O) groups excluding carboxylic acids is 2. The second kappa shape index (κ2) is 5.55. The Morgan fingerprint density at radius 1 is 1.44 bits per heavy atom. The minimum absolute atomic E-state index is 0.272. The Morgan fingerprint density at radius 2 is 2.12 bits per heavy atom. The van der Waals surface area contributed by atoms with E-state index in [2.05, 4.69) is 5.32 Å². The van der Waals surface area contributed by atoms with E-state index < -0.39 is 17.5 Å². The molecular weight excluding hydrogens is 238 g/mol. The fourth-order valence-electron chi connectivity index (χ4n) is 1.42. The molecule has 0 saturated carbocycles. The smallest absolute Gasteiger partial charge is 0.404 e. The number of hydrogen-bond donors (Lipinski definition) is 2. The molecule has 0 bridgehead atoms. The van der Waals surface area contributed by atoms with Gasteiger partial charge in [-0.1, -0.05) is 0 Å². The molecule has 1 heterocycles. The number of amides is 4. The first-order valence-corrected chi connectivity index (χ1v) is 5.13. The van der Waals surface area contributed by atoms with Crippen LogP contribution in [0.1, 0.15) is 6.42 Å². The summed E-state index contributed by atoms with van der Waals surface area (Å²) in [5.74, 6) is 0. The summed E-state index contributed by atoms with van der Waals surface area (Å²) < 4.78 is 0. The molecule has 7 nitrogen and oxygen atoms in total. The Bertz CT molecular complexity index is 310. The van der Waals surface area contributed by atoms with Crippen LogP contribution in [0.2, 0.25) is 0 Å². The Morgan fingerprint density at radius 3 is 2.62 bits per heavy atom. The summed E-state index contributed by atoms with van der Waals surface area (Å²) in [6, 6.07) is -0.421. The number of rotatable bonds is 4. The summed E-state index contributed by atoms with van der Waals surface area (Å²) in [5.41, 5.74) is 0. The van der Waals surface area contributed by atoms with Gasteiger partial charge in [-0.05, 0) is 18.0 Å². The fourth-order valence-corrected chi connectivity index (χ4v) is 1.58. The van der Waals surface area contributed by atoms with Crippen LogP contribution in [0.5, 0.6) is 0 Å². The number of nitrogens with zero attached hydrogens (tertiary/aromatic N) is 2. The van der Waals surface area contributed by atoms with Crippen LogP contribution in [0.3, 0.4) is 0 Å². The van der Waals surface area contributed by atoms with Crippen molar-refractivity contribution in [3.05, 3.63) is 0 Å². The van der Waals surface area contributed by atoms with Gasteiger partial charge < -0.3 is 15.3 Å². The maximum atomic E-state index is 11.5. The molecule has 0 aromatic heterocycles. The monoisotopic (exact) mass is 249 g/mol. The van der Waals surface area contributed by atoms with Crippen molar-refractivity contribution in [3.63, 3.8) is 0 Å². The molecule has 0 spiro atoms. The maximum absolute atomic E-state index is 11.5. The number of urea groups is 1. The van der Waals surface area contributed by atoms with Crippen LogP contribution < -0.4 is 5.32 Å². The summed E-state index contributed by atoms with van der Waals surface area (Å²) in [7, 11) is 0. The van der Waals surface area contributed by atoms with Crippen molar-refractivity contribution in [3.8, 4) is 0 Å². The average molecular weight is 250 g/mol. The van der Waals surface area contributed by atoms with Crippen LogP contribution in [-0.2, 0) is 0 Å². The molecule has 0 unspecified atom stereocenters. The van der Waals surface area contributed by atoms with Crippen LogP contribution in [0.25, 0.3) is 0 Å². The first kappa shape index (κ1) is 12.6. The van der Waals surface area contributed by atoms with E-state index in [1.165, 1.54) is 4.90 Å². The van der Waals surface area contributed by atoms with Gasteiger partial charge in [0.1, 0.15) is 0 Å². The largest absolute Gasteiger partial charge is 0.465 e. The van der Waals surface area contributed by atoms with Crippen molar-refractivity contribution in [2.24, 2.45) is 0 Å². The molecule has 8 heteroatoms. The van der Waals surface area contributed by atoms with Crippen LogP contribution in [0, 0.1) is 0 Å². The number of nitrogens with one attached hydrogen (secondary N) is 1. The Balaban J connectivity index is 2.27. The van der Waals surface area contributed by atoms with Crippen molar-refractivity contribution < 1.29 is 19.5 Å². The van der Waals surface area contributed by atoms with Crippen molar-refractivity contribution >= 4 is 29.1 Å². The lowest BCUT2D eigenvalue weighted by Crippen LogP contribution is -2.35. The van der Waals surface area contributed by atoms with Crippen molar-refractivity contribution in [1.82, 2.24) is 15.1 Å². The van der Waals surface area contributed by atoms with Crippen molar-refractivity contribution in [2.75, 3.05) is 26.2 Å². The molecule has 1 fully saturated rings. The number of carboxylic acid groups (broad SMARTS) is 1. The molecule has 90 valence electrons. The van der Waals surface area contributed by atoms with E-state index in [1.54, 1.807) is 0 Å². The third-order valence-corrected chi connectivity index (χ3v) is 2.39. The summed E-state index contributed by atoms with van der Waals surface area (Å²) in [6.45, 7) is 1.39. The summed E-state index contributed by atoms with van der Waals surface area (Å²) in [5, 5.41) is 9.72. The highest BCUT2D eigenvalue weighted by atomic mass is 35.5. The topological polar surface area (TPSA) is 89.9 Å². The molecule has 0 atom stereocenters. The fraction of sp³-hybridized carbons (Fsp3) is 0.625. The highest BCUT2D eigenvalue weighted by Gasteiger charge is 2.31. The number of halogens is 1. The van der Waals surface area contributed by atoms with E-state index in [9.17, 15) is 14.4 Å². The third kappa shape index (κ3) is 3.27. The van der Waals surface area contributed by atoms with Crippen LogP contribution >= 0.6 is 11.6 Å². The Hall–Kier alpha value is -1.50. The molecule has 0 radical (unpaired) electrons. The standard InChI is InChI=1S/C8H12ClN3O4/c9-6(13)12-5-4-11(8(12)16)3-1-2-10-7(14)15/h10H,1-5H2,(H,14,15). The normalized spacial score (nSPS) is 15.4. The second-order valence-electron chi connectivity index (χ2n) is 3.26. The minimum Gasteiger partial charge on any atom is -0.465 e. The molecule has 0 aromatic carbocycles. The predicted octanol–water partition coefficient (Wildman–Crippen LogP) is 0.740. The van der Waals surface area contributed by atoms with E-state index in [4.69, 9.17) is 16.7 Å². The van der Waals surface area contributed by atoms with Gasteiger partial charge in [0.25, 0.3) is 0 Å². The lowest BCUT2D eigenvalue weighted by atomic mass is 10.4. The highest BCUT2D eigenvalue weighted by Crippen LogP contribution is 2.11. The first-order valence-electron chi connectivity index (χ1n) is 4.75. The molecule has 1 aliphatic rings. The van der Waals surface area contributed by atoms with Gasteiger partial charge in [0, 0.05) is 26.2 Å². The lowest BCUT2D eigenvalue weighted by Gasteiger charge is -2.15. The zero-order valence-electron chi connectivity index (χ0n) is 8.48. The van der Waals surface area contributed by atoms with Crippen LogP contribution in [0.15, 0.2) is 0 Å². The van der Waals surface area contributed by atoms with Gasteiger partial charge in [0.2, 0.25) is 0 Å². The summed E-state index contributed by atoms with van der Waals surface area (Å²) in [4.78, 5) is 34.8. The van der Waals surface area contributed by atoms with Crippen LogP contribution in [-0.4, -0.2) is 58.6 Å². The van der Waals surface area contributed by atoms with Crippen molar-refractivity contribution in [2.45, 2.75) is 6.42 Å². The van der Waals surface area contributed by atoms with Gasteiger partial charge in [-0.25, -0.2) is 14.5 Å². The highest BCUT2D eigenvalue weighted by molar-refractivity contribution is 6.64. The van der Waals surface area contributed by atoms with Gasteiger partial charge in [0.05, 0.1) is 0 Å². The molecule has 1 saturated heterocycles. The van der Waals surface area contributed by atoms with Gasteiger partial charge >= 0.3 is 17.5 Å². The number of hydrogen-bond acceptors (Lipinski definition) is 3. The number of carbonyl (C=O) groups is 3. The molecule has 0 aliphatic carbocycles. The SMILES string of the molecule is O=C(O)NCCCN1CCN(C(=O)Cl)C1=O. The molecule has 1 rings (SSSR count). The molecule has 4 amide bonds. The maximum Gasteiger partial charge on any atom is 0.404 e. The second-order valence-corrected chi connectivity index (χ2v) is 3.58. The lowest BCUT2D eigenvalue weighted by molar-refractivity contribution is 0.191. The number of imide groups is 1. The molecular formula is C8H12ClN3O4. The van der Waals surface area contributed by atoms with E-state index in [-0.39, 0.29) is 13.1 Å².